The number of carbonyl (C=O) groups excluding carboxylic acids is 1. The largest absolute Gasteiger partial charge is 0.342 e. The number of rotatable bonds is 6. The molecule has 1 aliphatic heterocycles. The van der Waals surface area contributed by atoms with Crippen molar-refractivity contribution in [3.63, 3.8) is 0 Å². The van der Waals surface area contributed by atoms with Gasteiger partial charge in [0, 0.05) is 19.0 Å². The fourth-order valence-corrected chi connectivity index (χ4v) is 4.64. The van der Waals surface area contributed by atoms with Crippen LogP contribution >= 0.6 is 11.8 Å². The summed E-state index contributed by atoms with van der Waals surface area (Å²) in [7, 11) is 0. The molecule has 0 bridgehead atoms. The average molecular weight is 385 g/mol. The van der Waals surface area contributed by atoms with Crippen LogP contribution in [0, 0.1) is 0 Å². The number of amides is 1. The van der Waals surface area contributed by atoms with Crippen molar-refractivity contribution in [3.8, 4) is 0 Å². The van der Waals surface area contributed by atoms with Gasteiger partial charge in [0.2, 0.25) is 5.91 Å². The van der Waals surface area contributed by atoms with E-state index in [1.807, 2.05) is 17.9 Å². The quantitative estimate of drug-likeness (QED) is 0.704. The monoisotopic (exact) mass is 384 g/mol. The van der Waals surface area contributed by atoms with Gasteiger partial charge in [-0.15, -0.1) is 10.2 Å². The average Bonchev–Trinajstić information content (AvgIpc) is 3.50. The molecule has 1 saturated heterocycles. The lowest BCUT2D eigenvalue weighted by molar-refractivity contribution is -0.130. The molecule has 5 nitrogen and oxygen atoms in total. The van der Waals surface area contributed by atoms with Gasteiger partial charge in [0.15, 0.2) is 5.16 Å². The molecule has 27 heavy (non-hydrogen) atoms. The van der Waals surface area contributed by atoms with Crippen molar-refractivity contribution in [3.05, 3.63) is 41.7 Å². The number of nitrogens with zero attached hydrogens (tertiary/aromatic N) is 4. The second-order valence-corrected chi connectivity index (χ2v) is 8.99. The van der Waals surface area contributed by atoms with Crippen LogP contribution < -0.4 is 0 Å². The van der Waals surface area contributed by atoms with E-state index in [0.29, 0.717) is 5.92 Å². The highest BCUT2D eigenvalue weighted by molar-refractivity contribution is 8.00. The SMILES string of the molecule is CC(Sc1nnc(C2CC2)n1Cc1ccccc1)C(=O)N1CCCCCC1. The summed E-state index contributed by atoms with van der Waals surface area (Å²) in [4.78, 5) is 15.0. The number of thioether (sulfide) groups is 1. The minimum absolute atomic E-state index is 0.131. The topological polar surface area (TPSA) is 51.0 Å². The smallest absolute Gasteiger partial charge is 0.235 e. The third-order valence-electron chi connectivity index (χ3n) is 5.42. The van der Waals surface area contributed by atoms with Gasteiger partial charge in [0.25, 0.3) is 0 Å². The van der Waals surface area contributed by atoms with Crippen LogP contribution in [-0.2, 0) is 11.3 Å². The van der Waals surface area contributed by atoms with Gasteiger partial charge in [-0.2, -0.15) is 0 Å². The number of benzene rings is 1. The Morgan fingerprint density at radius 3 is 2.48 bits per heavy atom. The Balaban J connectivity index is 1.50. The first-order valence-electron chi connectivity index (χ1n) is 10.1. The van der Waals surface area contributed by atoms with E-state index in [4.69, 9.17) is 0 Å². The predicted molar refractivity (Wildman–Crippen MR) is 108 cm³/mol. The highest BCUT2D eigenvalue weighted by Gasteiger charge is 2.32. The van der Waals surface area contributed by atoms with Crippen LogP contribution in [0.25, 0.3) is 0 Å². The minimum atomic E-state index is -0.131. The molecule has 1 aromatic heterocycles. The first-order valence-corrected chi connectivity index (χ1v) is 11.0. The van der Waals surface area contributed by atoms with Crippen molar-refractivity contribution in [2.24, 2.45) is 0 Å². The van der Waals surface area contributed by atoms with Crippen molar-refractivity contribution >= 4 is 17.7 Å². The summed E-state index contributed by atoms with van der Waals surface area (Å²) in [5.41, 5.74) is 1.24. The van der Waals surface area contributed by atoms with Crippen LogP contribution in [-0.4, -0.2) is 43.9 Å². The van der Waals surface area contributed by atoms with Crippen molar-refractivity contribution < 1.29 is 4.79 Å². The summed E-state index contributed by atoms with van der Waals surface area (Å²) in [6.45, 7) is 4.57. The van der Waals surface area contributed by atoms with Gasteiger partial charge in [-0.3, -0.25) is 4.79 Å². The van der Waals surface area contributed by atoms with Crippen LogP contribution in [0.2, 0.25) is 0 Å². The normalized spacial score (nSPS) is 18.9. The zero-order valence-corrected chi connectivity index (χ0v) is 16.8. The Bertz CT molecular complexity index is 764. The molecular formula is C21H28N4OS. The van der Waals surface area contributed by atoms with E-state index in [1.54, 1.807) is 11.8 Å². The van der Waals surface area contributed by atoms with Gasteiger partial charge >= 0.3 is 0 Å². The maximum absolute atomic E-state index is 12.9. The summed E-state index contributed by atoms with van der Waals surface area (Å²) in [5, 5.41) is 9.69. The first kappa shape index (κ1) is 18.5. The molecule has 2 aliphatic rings. The van der Waals surface area contributed by atoms with E-state index in [1.165, 1.54) is 31.2 Å². The lowest BCUT2D eigenvalue weighted by Crippen LogP contribution is -2.37. The molecule has 2 fully saturated rings. The maximum atomic E-state index is 12.9. The fraction of sp³-hybridized carbons (Fsp3) is 0.571. The Morgan fingerprint density at radius 1 is 1.11 bits per heavy atom. The van der Waals surface area contributed by atoms with Gasteiger partial charge < -0.3 is 9.47 Å². The van der Waals surface area contributed by atoms with E-state index in [0.717, 1.165) is 43.5 Å². The van der Waals surface area contributed by atoms with E-state index in [2.05, 4.69) is 39.0 Å². The lowest BCUT2D eigenvalue weighted by atomic mass is 10.2. The third kappa shape index (κ3) is 4.54. The molecule has 0 N–H and O–H groups in total. The summed E-state index contributed by atoms with van der Waals surface area (Å²) >= 11 is 1.56. The molecule has 144 valence electrons. The minimum Gasteiger partial charge on any atom is -0.342 e. The van der Waals surface area contributed by atoms with Crippen molar-refractivity contribution in [1.29, 1.82) is 0 Å². The molecule has 1 unspecified atom stereocenters. The molecule has 2 aromatic rings. The number of aromatic nitrogens is 3. The number of carbonyl (C=O) groups is 1. The Labute approximate surface area is 165 Å². The molecule has 6 heteroatoms. The second-order valence-electron chi connectivity index (χ2n) is 7.69. The Kier molecular flexibility index (Phi) is 5.81. The highest BCUT2D eigenvalue weighted by Crippen LogP contribution is 2.40. The van der Waals surface area contributed by atoms with E-state index in [9.17, 15) is 4.79 Å². The molecule has 2 heterocycles. The highest BCUT2D eigenvalue weighted by atomic mass is 32.2. The first-order chi connectivity index (χ1) is 13.2. The number of likely N-dealkylation sites (tertiary alicyclic amines) is 1. The summed E-state index contributed by atoms with van der Waals surface area (Å²) in [5.74, 6) is 1.85. The maximum Gasteiger partial charge on any atom is 0.235 e. The van der Waals surface area contributed by atoms with Crippen LogP contribution in [0.4, 0.5) is 0 Å². The molecule has 1 aromatic carbocycles. The van der Waals surface area contributed by atoms with E-state index < -0.39 is 0 Å². The van der Waals surface area contributed by atoms with Crippen molar-refractivity contribution in [1.82, 2.24) is 19.7 Å². The van der Waals surface area contributed by atoms with E-state index >= 15 is 0 Å². The van der Waals surface area contributed by atoms with E-state index in [-0.39, 0.29) is 11.2 Å². The molecule has 1 aliphatic carbocycles. The van der Waals surface area contributed by atoms with Crippen molar-refractivity contribution in [2.45, 2.75) is 68.3 Å². The summed E-state index contributed by atoms with van der Waals surface area (Å²) < 4.78 is 2.23. The van der Waals surface area contributed by atoms with Gasteiger partial charge in [-0.1, -0.05) is 54.9 Å². The van der Waals surface area contributed by atoms with Crippen LogP contribution in [0.15, 0.2) is 35.5 Å². The summed E-state index contributed by atoms with van der Waals surface area (Å²) in [6, 6.07) is 10.4. The fourth-order valence-electron chi connectivity index (χ4n) is 3.70. The molecule has 4 rings (SSSR count). The predicted octanol–water partition coefficient (Wildman–Crippen LogP) is 4.09. The lowest BCUT2D eigenvalue weighted by Gasteiger charge is -2.23. The number of hydrogen-bond acceptors (Lipinski definition) is 4. The standard InChI is InChI=1S/C21H28N4OS/c1-16(20(26)24-13-7-2-3-8-14-24)27-21-23-22-19(18-11-12-18)25(21)15-17-9-5-4-6-10-17/h4-6,9-10,16,18H,2-3,7-8,11-15H2,1H3. The van der Waals surface area contributed by atoms with Crippen LogP contribution in [0.3, 0.4) is 0 Å². The van der Waals surface area contributed by atoms with Gasteiger partial charge in [-0.25, -0.2) is 0 Å². The summed E-state index contributed by atoms with van der Waals surface area (Å²) in [6.07, 6.45) is 7.11. The van der Waals surface area contributed by atoms with Crippen LogP contribution in [0.5, 0.6) is 0 Å². The van der Waals surface area contributed by atoms with Gasteiger partial charge in [-0.05, 0) is 38.2 Å². The van der Waals surface area contributed by atoms with Gasteiger partial charge in [0.05, 0.1) is 11.8 Å². The third-order valence-corrected chi connectivity index (χ3v) is 6.49. The molecule has 0 radical (unpaired) electrons. The molecular weight excluding hydrogens is 356 g/mol. The number of hydrogen-bond donors (Lipinski definition) is 0. The van der Waals surface area contributed by atoms with Gasteiger partial charge in [0.1, 0.15) is 5.82 Å². The second kappa shape index (κ2) is 8.46. The Morgan fingerprint density at radius 2 is 1.81 bits per heavy atom. The molecule has 1 saturated carbocycles. The van der Waals surface area contributed by atoms with Crippen molar-refractivity contribution in [2.75, 3.05) is 13.1 Å². The molecule has 0 spiro atoms. The van der Waals surface area contributed by atoms with Crippen LogP contribution in [0.1, 0.15) is 62.8 Å². The molecule has 1 atom stereocenters. The zero-order chi connectivity index (χ0) is 18.6. The Hall–Kier alpha value is -1.82. The molecule has 1 amide bonds. The zero-order valence-electron chi connectivity index (χ0n) is 16.0.